The number of piperazine rings is 1. The van der Waals surface area contributed by atoms with Gasteiger partial charge in [-0.1, -0.05) is 62.3 Å². The van der Waals surface area contributed by atoms with Crippen molar-refractivity contribution in [2.24, 2.45) is 21.2 Å². The smallest absolute Gasteiger partial charge is 0.240 e. The number of aliphatic imine (C=N–C) groups is 1. The van der Waals surface area contributed by atoms with Crippen LogP contribution in [-0.2, 0) is 4.79 Å². The van der Waals surface area contributed by atoms with Gasteiger partial charge in [0.1, 0.15) is 12.4 Å². The van der Waals surface area contributed by atoms with Crippen molar-refractivity contribution in [1.82, 2.24) is 10.2 Å². The second-order valence-electron chi connectivity index (χ2n) is 9.94. The minimum absolute atomic E-state index is 0.0144. The zero-order valence-electron chi connectivity index (χ0n) is 16.3. The molecule has 1 amide bonds. The highest BCUT2D eigenvalue weighted by Gasteiger charge is 2.44. The Hall–Kier alpha value is -1.32. The quantitative estimate of drug-likeness (QED) is 0.741. The number of hydrogen-bond donors (Lipinski definition) is 1. The Kier molecular flexibility index (Phi) is 4.20. The molecule has 0 spiro atoms. The standard InChI is InChI=1S/C19H33N3O/c1-17(2,3)14-12-10-20-13(23)11-22(12)16(19(7,8)9)21-15(14)18(4,5)6/h15H,10-11H2,1-9H3,(H,20,23). The van der Waals surface area contributed by atoms with Gasteiger partial charge in [0.25, 0.3) is 0 Å². The number of carbonyl (C=O) groups excluding carboxylic acids is 1. The molecule has 1 fully saturated rings. The van der Waals surface area contributed by atoms with Crippen LogP contribution in [0.5, 0.6) is 0 Å². The topological polar surface area (TPSA) is 44.7 Å². The lowest BCUT2D eigenvalue weighted by Gasteiger charge is -2.48. The third-order valence-electron chi connectivity index (χ3n) is 4.47. The maximum atomic E-state index is 12.0. The first-order valence-corrected chi connectivity index (χ1v) is 8.59. The zero-order valence-corrected chi connectivity index (χ0v) is 16.3. The molecule has 130 valence electrons. The van der Waals surface area contributed by atoms with E-state index in [1.165, 1.54) is 11.3 Å². The van der Waals surface area contributed by atoms with Gasteiger partial charge in [0.15, 0.2) is 0 Å². The molecule has 0 aromatic heterocycles. The summed E-state index contributed by atoms with van der Waals surface area (Å²) in [6.45, 7) is 21.0. The van der Waals surface area contributed by atoms with Gasteiger partial charge in [-0.2, -0.15) is 0 Å². The van der Waals surface area contributed by atoms with E-state index < -0.39 is 0 Å². The number of amidine groups is 1. The highest BCUT2D eigenvalue weighted by Crippen LogP contribution is 2.44. The normalized spacial score (nSPS) is 23.5. The van der Waals surface area contributed by atoms with Gasteiger partial charge in [-0.05, 0) is 16.4 Å². The Morgan fingerprint density at radius 3 is 2.00 bits per heavy atom. The lowest BCUT2D eigenvalue weighted by atomic mass is 9.70. The van der Waals surface area contributed by atoms with Crippen LogP contribution in [0, 0.1) is 16.2 Å². The molecule has 2 aliphatic rings. The van der Waals surface area contributed by atoms with Crippen LogP contribution in [0.3, 0.4) is 0 Å². The first-order chi connectivity index (χ1) is 10.2. The van der Waals surface area contributed by atoms with Crippen LogP contribution in [0.1, 0.15) is 62.3 Å². The molecule has 1 atom stereocenters. The van der Waals surface area contributed by atoms with Crippen LogP contribution in [0.2, 0.25) is 0 Å². The average molecular weight is 319 g/mol. The summed E-state index contributed by atoms with van der Waals surface area (Å²) in [4.78, 5) is 19.4. The molecule has 1 unspecified atom stereocenters. The Labute approximate surface area is 141 Å². The van der Waals surface area contributed by atoms with Crippen LogP contribution in [0.4, 0.5) is 0 Å². The number of carbonyl (C=O) groups is 1. The molecule has 0 bridgehead atoms. The fourth-order valence-electron chi connectivity index (χ4n) is 3.50. The van der Waals surface area contributed by atoms with Gasteiger partial charge in [0, 0.05) is 11.1 Å². The van der Waals surface area contributed by atoms with E-state index in [2.05, 4.69) is 72.5 Å². The molecule has 2 heterocycles. The summed E-state index contributed by atoms with van der Waals surface area (Å²) < 4.78 is 0. The Balaban J connectivity index is 2.69. The first kappa shape index (κ1) is 18.0. The van der Waals surface area contributed by atoms with Gasteiger partial charge >= 0.3 is 0 Å². The molecule has 2 aliphatic heterocycles. The van der Waals surface area contributed by atoms with Gasteiger partial charge < -0.3 is 10.2 Å². The molecular weight excluding hydrogens is 286 g/mol. The summed E-state index contributed by atoms with van der Waals surface area (Å²) in [7, 11) is 0. The van der Waals surface area contributed by atoms with E-state index in [-0.39, 0.29) is 28.2 Å². The fourth-order valence-corrected chi connectivity index (χ4v) is 3.50. The number of nitrogens with one attached hydrogen (secondary N) is 1. The van der Waals surface area contributed by atoms with E-state index in [1.54, 1.807) is 0 Å². The van der Waals surface area contributed by atoms with Gasteiger partial charge in [0.2, 0.25) is 5.91 Å². The minimum Gasteiger partial charge on any atom is -0.349 e. The molecule has 4 heteroatoms. The summed E-state index contributed by atoms with van der Waals surface area (Å²) in [5.74, 6) is 1.11. The summed E-state index contributed by atoms with van der Waals surface area (Å²) in [5.41, 5.74) is 2.57. The second kappa shape index (κ2) is 5.35. The number of fused-ring (bicyclic) bond motifs is 1. The van der Waals surface area contributed by atoms with Gasteiger partial charge in [-0.15, -0.1) is 0 Å². The van der Waals surface area contributed by atoms with Crippen LogP contribution in [-0.4, -0.2) is 35.8 Å². The highest BCUT2D eigenvalue weighted by molar-refractivity contribution is 5.95. The van der Waals surface area contributed by atoms with Crippen molar-refractivity contribution >= 4 is 11.7 Å². The van der Waals surface area contributed by atoms with E-state index in [0.29, 0.717) is 13.1 Å². The van der Waals surface area contributed by atoms with Gasteiger partial charge in [0.05, 0.1) is 12.6 Å². The molecule has 1 saturated heterocycles. The van der Waals surface area contributed by atoms with Crippen LogP contribution in [0.25, 0.3) is 0 Å². The Bertz CT molecular complexity index is 565. The lowest BCUT2D eigenvalue weighted by molar-refractivity contribution is -0.122. The van der Waals surface area contributed by atoms with Crippen molar-refractivity contribution < 1.29 is 4.79 Å². The van der Waals surface area contributed by atoms with Crippen LogP contribution >= 0.6 is 0 Å². The van der Waals surface area contributed by atoms with Crippen molar-refractivity contribution in [3.63, 3.8) is 0 Å². The average Bonchev–Trinajstić information content (AvgIpc) is 2.32. The van der Waals surface area contributed by atoms with Crippen molar-refractivity contribution in [3.05, 3.63) is 11.3 Å². The van der Waals surface area contributed by atoms with Crippen LogP contribution < -0.4 is 5.32 Å². The summed E-state index contributed by atoms with van der Waals surface area (Å²) >= 11 is 0. The lowest BCUT2D eigenvalue weighted by Crippen LogP contribution is -2.56. The van der Waals surface area contributed by atoms with E-state index in [0.717, 1.165) is 5.84 Å². The van der Waals surface area contributed by atoms with Gasteiger partial charge in [-0.3, -0.25) is 9.79 Å². The van der Waals surface area contributed by atoms with Crippen molar-refractivity contribution in [2.45, 2.75) is 68.4 Å². The summed E-state index contributed by atoms with van der Waals surface area (Å²) in [5, 5.41) is 3.03. The molecule has 1 N–H and O–H groups in total. The molecule has 0 aromatic rings. The summed E-state index contributed by atoms with van der Waals surface area (Å²) in [6.07, 6.45) is 0. The maximum absolute atomic E-state index is 12.0. The highest BCUT2D eigenvalue weighted by atomic mass is 16.2. The van der Waals surface area contributed by atoms with E-state index in [9.17, 15) is 4.79 Å². The molecule has 0 saturated carbocycles. The zero-order chi connectivity index (χ0) is 17.8. The first-order valence-electron chi connectivity index (χ1n) is 8.59. The maximum Gasteiger partial charge on any atom is 0.240 e. The van der Waals surface area contributed by atoms with Crippen molar-refractivity contribution in [3.8, 4) is 0 Å². The molecule has 0 radical (unpaired) electrons. The molecule has 0 aromatic carbocycles. The Morgan fingerprint density at radius 2 is 1.57 bits per heavy atom. The number of amides is 1. The molecule has 0 aliphatic carbocycles. The van der Waals surface area contributed by atoms with Crippen molar-refractivity contribution in [1.29, 1.82) is 0 Å². The van der Waals surface area contributed by atoms with Gasteiger partial charge in [-0.25, -0.2) is 0 Å². The molecule has 2 rings (SSSR count). The SMILES string of the molecule is CC(C)(C)C1=NC(C(C)(C)C)C(C(C)(C)C)=C2CNC(=O)CN12. The van der Waals surface area contributed by atoms with E-state index in [4.69, 9.17) is 4.99 Å². The third kappa shape index (κ3) is 3.46. The third-order valence-corrected chi connectivity index (χ3v) is 4.47. The minimum atomic E-state index is -0.0875. The monoisotopic (exact) mass is 319 g/mol. The summed E-state index contributed by atoms with van der Waals surface area (Å²) in [6, 6.07) is 0.137. The van der Waals surface area contributed by atoms with E-state index in [1.807, 2.05) is 0 Å². The van der Waals surface area contributed by atoms with Crippen LogP contribution in [0.15, 0.2) is 16.3 Å². The fraction of sp³-hybridized carbons (Fsp3) is 0.789. The second-order valence-corrected chi connectivity index (χ2v) is 9.94. The largest absolute Gasteiger partial charge is 0.349 e. The number of hydrogen-bond acceptors (Lipinski definition) is 3. The number of nitrogens with zero attached hydrogens (tertiary/aromatic N) is 2. The number of rotatable bonds is 0. The predicted molar refractivity (Wildman–Crippen MR) is 96.3 cm³/mol. The molecule has 4 nitrogen and oxygen atoms in total. The molecular formula is C19H33N3O. The molecule has 23 heavy (non-hydrogen) atoms. The van der Waals surface area contributed by atoms with E-state index >= 15 is 0 Å². The predicted octanol–water partition coefficient (Wildman–Crippen LogP) is 3.59. The van der Waals surface area contributed by atoms with Crippen molar-refractivity contribution in [2.75, 3.05) is 13.1 Å². The Morgan fingerprint density at radius 1 is 1.00 bits per heavy atom.